The second kappa shape index (κ2) is 5.01. The third kappa shape index (κ3) is 2.76. The minimum absolute atomic E-state index is 0.602. The van der Waals surface area contributed by atoms with Crippen LogP contribution in [0.15, 0.2) is 16.7 Å². The highest BCUT2D eigenvalue weighted by Gasteiger charge is 2.08. The van der Waals surface area contributed by atoms with Gasteiger partial charge in [0.05, 0.1) is 11.4 Å². The number of aryl methyl sites for hydroxylation is 2. The van der Waals surface area contributed by atoms with E-state index >= 15 is 0 Å². The minimum Gasteiger partial charge on any atom is -0.396 e. The maximum Gasteiger partial charge on any atom is 0.188 e. The van der Waals surface area contributed by atoms with Crippen LogP contribution in [0.25, 0.3) is 0 Å². The number of hydrogen-bond donors (Lipinski definition) is 2. The van der Waals surface area contributed by atoms with Gasteiger partial charge in [0, 0.05) is 15.5 Å². The molecule has 0 unspecified atom stereocenters. The van der Waals surface area contributed by atoms with E-state index in [0.717, 1.165) is 21.7 Å². The Bertz CT molecular complexity index is 538. The number of aromatic nitrogens is 2. The van der Waals surface area contributed by atoms with Crippen molar-refractivity contribution >= 4 is 43.9 Å². The van der Waals surface area contributed by atoms with E-state index < -0.39 is 0 Å². The van der Waals surface area contributed by atoms with Crippen LogP contribution >= 0.6 is 27.3 Å². The molecule has 0 fully saturated rings. The predicted octanol–water partition coefficient (Wildman–Crippen LogP) is 3.50. The zero-order chi connectivity index (χ0) is 12.4. The zero-order valence-electron chi connectivity index (χ0n) is 9.62. The molecule has 90 valence electrons. The Morgan fingerprint density at radius 2 is 2.29 bits per heavy atom. The number of nitrogens with one attached hydrogen (secondary N) is 1. The molecule has 0 aliphatic heterocycles. The van der Waals surface area contributed by atoms with Crippen LogP contribution in [0.5, 0.6) is 0 Å². The lowest BCUT2D eigenvalue weighted by Crippen LogP contribution is -1.98. The topological polar surface area (TPSA) is 63.8 Å². The fourth-order valence-corrected chi connectivity index (χ4v) is 2.72. The highest BCUT2D eigenvalue weighted by molar-refractivity contribution is 9.10. The van der Waals surface area contributed by atoms with Gasteiger partial charge >= 0.3 is 0 Å². The van der Waals surface area contributed by atoms with Gasteiger partial charge < -0.3 is 11.1 Å². The summed E-state index contributed by atoms with van der Waals surface area (Å²) in [6.45, 7) is 4.16. The molecule has 0 saturated carbocycles. The van der Waals surface area contributed by atoms with Gasteiger partial charge in [0.15, 0.2) is 10.9 Å². The second-order valence-electron chi connectivity index (χ2n) is 3.59. The number of hydrogen-bond acceptors (Lipinski definition) is 5. The van der Waals surface area contributed by atoms with E-state index in [4.69, 9.17) is 5.73 Å². The largest absolute Gasteiger partial charge is 0.396 e. The van der Waals surface area contributed by atoms with Crippen LogP contribution in [0.3, 0.4) is 0 Å². The quantitative estimate of drug-likeness (QED) is 0.910. The Labute approximate surface area is 112 Å². The summed E-state index contributed by atoms with van der Waals surface area (Å²) < 4.78 is 0.866. The first kappa shape index (κ1) is 12.3. The molecule has 2 heterocycles. The summed E-state index contributed by atoms with van der Waals surface area (Å²) in [5, 5.41) is 3.98. The molecular weight excluding hydrogens is 300 g/mol. The van der Waals surface area contributed by atoms with Crippen molar-refractivity contribution in [2.75, 3.05) is 11.1 Å². The number of nitrogens with zero attached hydrogens (tertiary/aromatic N) is 2. The number of nitrogens with two attached hydrogens (primary N) is 1. The molecule has 0 aliphatic carbocycles. The van der Waals surface area contributed by atoms with Crippen LogP contribution in [-0.2, 0) is 6.42 Å². The molecule has 0 bridgehead atoms. The highest BCUT2D eigenvalue weighted by Crippen LogP contribution is 2.28. The first-order valence-electron chi connectivity index (χ1n) is 5.24. The third-order valence-corrected chi connectivity index (χ3v) is 3.70. The summed E-state index contributed by atoms with van der Waals surface area (Å²) >= 11 is 4.94. The van der Waals surface area contributed by atoms with E-state index in [1.165, 1.54) is 4.88 Å². The van der Waals surface area contributed by atoms with Crippen LogP contribution < -0.4 is 11.1 Å². The SMILES string of the molecule is CCc1nc(Nc2ncc(Br)cc2N)sc1C. The van der Waals surface area contributed by atoms with E-state index in [1.807, 2.05) is 6.07 Å². The van der Waals surface area contributed by atoms with Crippen molar-refractivity contribution in [1.29, 1.82) is 0 Å². The number of pyridine rings is 1. The maximum absolute atomic E-state index is 5.87. The Balaban J connectivity index is 2.25. The predicted molar refractivity (Wildman–Crippen MR) is 75.9 cm³/mol. The molecule has 2 aromatic rings. The number of nitrogen functional groups attached to an aromatic ring is 1. The third-order valence-electron chi connectivity index (χ3n) is 2.34. The molecule has 0 atom stereocenters. The number of halogens is 1. The lowest BCUT2D eigenvalue weighted by molar-refractivity contribution is 1.04. The van der Waals surface area contributed by atoms with E-state index in [-0.39, 0.29) is 0 Å². The van der Waals surface area contributed by atoms with Crippen molar-refractivity contribution < 1.29 is 0 Å². The summed E-state index contributed by atoms with van der Waals surface area (Å²) in [5.74, 6) is 0.643. The molecule has 0 amide bonds. The van der Waals surface area contributed by atoms with E-state index in [1.54, 1.807) is 17.5 Å². The van der Waals surface area contributed by atoms with E-state index in [9.17, 15) is 0 Å². The van der Waals surface area contributed by atoms with Gasteiger partial charge in [-0.05, 0) is 35.3 Å². The van der Waals surface area contributed by atoms with E-state index in [2.05, 4.69) is 45.1 Å². The van der Waals surface area contributed by atoms with Crippen LogP contribution in [0.4, 0.5) is 16.6 Å². The van der Waals surface area contributed by atoms with Gasteiger partial charge in [-0.25, -0.2) is 9.97 Å². The van der Waals surface area contributed by atoms with Crippen molar-refractivity contribution in [1.82, 2.24) is 9.97 Å². The van der Waals surface area contributed by atoms with Gasteiger partial charge in [0.2, 0.25) is 0 Å². The molecule has 4 nitrogen and oxygen atoms in total. The lowest BCUT2D eigenvalue weighted by atomic mass is 10.3. The molecule has 0 radical (unpaired) electrons. The Kier molecular flexibility index (Phi) is 3.63. The molecule has 17 heavy (non-hydrogen) atoms. The summed E-state index contributed by atoms with van der Waals surface area (Å²) in [4.78, 5) is 9.94. The molecule has 0 aliphatic rings. The standard InChI is InChI=1S/C11H13BrN4S/c1-3-9-6(2)17-11(15-9)16-10-8(13)4-7(12)5-14-10/h4-5H,3,13H2,1-2H3,(H,14,15,16). The van der Waals surface area contributed by atoms with Gasteiger partial charge in [-0.15, -0.1) is 11.3 Å². The van der Waals surface area contributed by atoms with Crippen molar-refractivity contribution in [3.8, 4) is 0 Å². The number of thiazole rings is 1. The Morgan fingerprint density at radius 3 is 2.88 bits per heavy atom. The van der Waals surface area contributed by atoms with Crippen molar-refractivity contribution in [2.24, 2.45) is 0 Å². The van der Waals surface area contributed by atoms with Crippen LogP contribution in [0, 0.1) is 6.92 Å². The van der Waals surface area contributed by atoms with Gasteiger partial charge in [-0.1, -0.05) is 6.92 Å². The molecular formula is C11H13BrN4S. The smallest absolute Gasteiger partial charge is 0.188 e. The van der Waals surface area contributed by atoms with Crippen LogP contribution in [0.1, 0.15) is 17.5 Å². The Hall–Kier alpha value is -1.14. The van der Waals surface area contributed by atoms with E-state index in [0.29, 0.717) is 11.5 Å². The van der Waals surface area contributed by atoms with Gasteiger partial charge in [0.25, 0.3) is 0 Å². The van der Waals surface area contributed by atoms with Crippen molar-refractivity contribution in [3.05, 3.63) is 27.3 Å². The minimum atomic E-state index is 0.602. The highest BCUT2D eigenvalue weighted by atomic mass is 79.9. The molecule has 2 rings (SSSR count). The van der Waals surface area contributed by atoms with Gasteiger partial charge in [0.1, 0.15) is 0 Å². The van der Waals surface area contributed by atoms with Crippen molar-refractivity contribution in [2.45, 2.75) is 20.3 Å². The molecule has 3 N–H and O–H groups in total. The van der Waals surface area contributed by atoms with Crippen LogP contribution in [-0.4, -0.2) is 9.97 Å². The second-order valence-corrected chi connectivity index (χ2v) is 5.71. The average Bonchev–Trinajstić information content (AvgIpc) is 2.63. The van der Waals surface area contributed by atoms with Crippen LogP contribution in [0.2, 0.25) is 0 Å². The first-order chi connectivity index (χ1) is 8.10. The molecule has 2 aromatic heterocycles. The summed E-state index contributed by atoms with van der Waals surface area (Å²) in [6.07, 6.45) is 2.65. The molecule has 0 saturated heterocycles. The fraction of sp³-hybridized carbons (Fsp3) is 0.273. The molecule has 6 heteroatoms. The van der Waals surface area contributed by atoms with Gasteiger partial charge in [-0.2, -0.15) is 0 Å². The summed E-state index contributed by atoms with van der Waals surface area (Å²) in [7, 11) is 0. The first-order valence-corrected chi connectivity index (χ1v) is 6.85. The molecule has 0 spiro atoms. The number of rotatable bonds is 3. The lowest BCUT2D eigenvalue weighted by Gasteiger charge is -2.04. The zero-order valence-corrected chi connectivity index (χ0v) is 12.0. The maximum atomic E-state index is 5.87. The average molecular weight is 313 g/mol. The fourth-order valence-electron chi connectivity index (χ4n) is 1.47. The summed E-state index contributed by atoms with van der Waals surface area (Å²) in [6, 6.07) is 1.82. The van der Waals surface area contributed by atoms with Gasteiger partial charge in [-0.3, -0.25) is 0 Å². The molecule has 0 aromatic carbocycles. The Morgan fingerprint density at radius 1 is 1.53 bits per heavy atom. The normalized spacial score (nSPS) is 10.5. The number of anilines is 3. The van der Waals surface area contributed by atoms with Crippen molar-refractivity contribution in [3.63, 3.8) is 0 Å². The summed E-state index contributed by atoms with van der Waals surface area (Å²) in [5.41, 5.74) is 7.59. The monoisotopic (exact) mass is 312 g/mol.